The molecule has 0 aromatic carbocycles. The van der Waals surface area contributed by atoms with Gasteiger partial charge in [-0.15, -0.1) is 11.3 Å². The Morgan fingerprint density at radius 2 is 2.07 bits per heavy atom. The summed E-state index contributed by atoms with van der Waals surface area (Å²) in [5.41, 5.74) is -0.502. The number of hydrogen-bond donors (Lipinski definition) is 1. The van der Waals surface area contributed by atoms with Crippen molar-refractivity contribution in [2.75, 3.05) is 19.6 Å². The topological polar surface area (TPSA) is 61.9 Å². The third kappa shape index (κ3) is 7.63. The number of thiophene rings is 1. The number of amides is 2. The number of rotatable bonds is 7. The first kappa shape index (κ1) is 23.7. The molecule has 0 aliphatic carbocycles. The lowest BCUT2D eigenvalue weighted by Gasteiger charge is -2.39. The van der Waals surface area contributed by atoms with E-state index >= 15 is 0 Å². The maximum absolute atomic E-state index is 12.6. The van der Waals surface area contributed by atoms with Crippen molar-refractivity contribution in [3.63, 3.8) is 0 Å². The molecule has 1 aromatic rings. The van der Waals surface area contributed by atoms with E-state index in [1.54, 1.807) is 11.3 Å². The summed E-state index contributed by atoms with van der Waals surface area (Å²) in [4.78, 5) is 30.5. The largest absolute Gasteiger partial charge is 0.444 e. The molecule has 1 aliphatic rings. The van der Waals surface area contributed by atoms with Crippen LogP contribution in [0.25, 0.3) is 0 Å². The van der Waals surface area contributed by atoms with Crippen LogP contribution in [-0.2, 0) is 16.1 Å². The Balaban J connectivity index is 1.90. The lowest BCUT2D eigenvalue weighted by atomic mass is 9.95. The molecule has 2 heterocycles. The normalized spacial score (nSPS) is 19.1. The lowest BCUT2D eigenvalue weighted by Crippen LogP contribution is -2.51. The van der Waals surface area contributed by atoms with Gasteiger partial charge in [0.05, 0.1) is 12.6 Å². The number of carbonyl (C=O) groups is 2. The van der Waals surface area contributed by atoms with E-state index < -0.39 is 5.60 Å². The van der Waals surface area contributed by atoms with Gasteiger partial charge >= 0.3 is 6.09 Å². The van der Waals surface area contributed by atoms with Gasteiger partial charge in [0.15, 0.2) is 0 Å². The first-order valence-electron chi connectivity index (χ1n) is 10.6. The predicted octanol–water partition coefficient (Wildman–Crippen LogP) is 4.11. The van der Waals surface area contributed by atoms with E-state index in [9.17, 15) is 9.59 Å². The highest BCUT2D eigenvalue weighted by Crippen LogP contribution is 2.22. The first-order chi connectivity index (χ1) is 13.6. The minimum absolute atomic E-state index is 0.0620. The van der Waals surface area contributed by atoms with Crippen LogP contribution in [0, 0.1) is 5.92 Å². The maximum Gasteiger partial charge on any atom is 0.410 e. The Hall–Kier alpha value is -1.60. The molecule has 29 heavy (non-hydrogen) atoms. The zero-order valence-electron chi connectivity index (χ0n) is 18.7. The van der Waals surface area contributed by atoms with E-state index in [1.165, 1.54) is 0 Å². The summed E-state index contributed by atoms with van der Waals surface area (Å²) < 4.78 is 5.59. The van der Waals surface area contributed by atoms with Crippen LogP contribution in [0.2, 0.25) is 0 Å². The highest BCUT2D eigenvalue weighted by Gasteiger charge is 2.31. The number of carbonyl (C=O) groups excluding carboxylic acids is 2. The molecule has 2 unspecified atom stereocenters. The Morgan fingerprint density at radius 3 is 2.66 bits per heavy atom. The van der Waals surface area contributed by atoms with Crippen molar-refractivity contribution in [2.45, 2.75) is 78.6 Å². The fourth-order valence-electron chi connectivity index (χ4n) is 3.59. The molecular weight excluding hydrogens is 386 g/mol. The van der Waals surface area contributed by atoms with E-state index in [0.717, 1.165) is 30.8 Å². The number of piperidine rings is 1. The minimum Gasteiger partial charge on any atom is -0.444 e. The fourth-order valence-corrected chi connectivity index (χ4v) is 4.24. The van der Waals surface area contributed by atoms with Crippen LogP contribution < -0.4 is 5.32 Å². The third-order valence-corrected chi connectivity index (χ3v) is 6.08. The van der Waals surface area contributed by atoms with Gasteiger partial charge < -0.3 is 15.0 Å². The van der Waals surface area contributed by atoms with Crippen LogP contribution in [0.1, 0.15) is 59.3 Å². The molecule has 1 saturated heterocycles. The summed E-state index contributed by atoms with van der Waals surface area (Å²) in [6.07, 6.45) is 1.84. The highest BCUT2D eigenvalue weighted by molar-refractivity contribution is 7.09. The summed E-state index contributed by atoms with van der Waals surface area (Å²) in [5.74, 6) is 0.401. The number of likely N-dealkylation sites (tertiary alicyclic amines) is 1. The van der Waals surface area contributed by atoms with Crippen LogP contribution >= 0.6 is 11.3 Å². The van der Waals surface area contributed by atoms with Crippen molar-refractivity contribution in [3.8, 4) is 0 Å². The zero-order chi connectivity index (χ0) is 21.6. The van der Waals surface area contributed by atoms with Crippen molar-refractivity contribution in [2.24, 2.45) is 5.92 Å². The summed E-state index contributed by atoms with van der Waals surface area (Å²) in [6, 6.07) is 3.93. The van der Waals surface area contributed by atoms with E-state index in [1.807, 2.05) is 64.0 Å². The number of nitrogens with one attached hydrogen (secondary N) is 1. The van der Waals surface area contributed by atoms with Crippen LogP contribution in [0.4, 0.5) is 4.79 Å². The Morgan fingerprint density at radius 1 is 1.34 bits per heavy atom. The van der Waals surface area contributed by atoms with Crippen LogP contribution in [0.5, 0.6) is 0 Å². The molecular formula is C22H37N3O3S. The van der Waals surface area contributed by atoms with E-state index in [4.69, 9.17) is 4.74 Å². The second-order valence-corrected chi connectivity index (χ2v) is 10.2. The van der Waals surface area contributed by atoms with Crippen molar-refractivity contribution in [1.29, 1.82) is 0 Å². The Bertz CT molecular complexity index is 655. The monoisotopic (exact) mass is 423 g/mol. The summed E-state index contributed by atoms with van der Waals surface area (Å²) >= 11 is 1.65. The zero-order valence-corrected chi connectivity index (χ0v) is 19.6. The van der Waals surface area contributed by atoms with Crippen LogP contribution in [0.3, 0.4) is 0 Å². The van der Waals surface area contributed by atoms with Crippen LogP contribution in [0.15, 0.2) is 17.5 Å². The Kier molecular flexibility index (Phi) is 8.52. The number of hydrogen-bond acceptors (Lipinski definition) is 5. The molecule has 0 bridgehead atoms. The van der Waals surface area contributed by atoms with Crippen molar-refractivity contribution < 1.29 is 14.3 Å². The molecule has 0 spiro atoms. The molecule has 6 nitrogen and oxygen atoms in total. The van der Waals surface area contributed by atoms with Gasteiger partial charge in [-0.25, -0.2) is 4.79 Å². The second kappa shape index (κ2) is 10.4. The molecule has 1 aliphatic heterocycles. The summed E-state index contributed by atoms with van der Waals surface area (Å²) in [7, 11) is 0. The van der Waals surface area contributed by atoms with Crippen molar-refractivity contribution >= 4 is 23.3 Å². The van der Waals surface area contributed by atoms with Gasteiger partial charge in [-0.2, -0.15) is 0 Å². The summed E-state index contributed by atoms with van der Waals surface area (Å²) in [5, 5.41) is 5.06. The maximum atomic E-state index is 12.6. The molecule has 0 saturated carbocycles. The fraction of sp³-hybridized carbons (Fsp3) is 0.727. The van der Waals surface area contributed by atoms with Gasteiger partial charge in [0, 0.05) is 24.0 Å². The van der Waals surface area contributed by atoms with Gasteiger partial charge in [-0.05, 0) is 78.3 Å². The summed E-state index contributed by atoms with van der Waals surface area (Å²) in [6.45, 7) is 14.7. The molecule has 7 heteroatoms. The molecule has 1 N–H and O–H groups in total. The number of nitrogens with zero attached hydrogens (tertiary/aromatic N) is 2. The SMILES string of the molecule is CC(C(=O)NCc1cccs1)N1CCCC(CN(C(=O)OC(C)(C)C)C(C)C)C1. The first-order valence-corrected chi connectivity index (χ1v) is 11.5. The lowest BCUT2D eigenvalue weighted by molar-refractivity contribution is -0.126. The highest BCUT2D eigenvalue weighted by atomic mass is 32.1. The van der Waals surface area contributed by atoms with E-state index in [2.05, 4.69) is 10.2 Å². The van der Waals surface area contributed by atoms with E-state index in [-0.39, 0.29) is 24.1 Å². The number of ether oxygens (including phenoxy) is 1. The molecule has 164 valence electrons. The van der Waals surface area contributed by atoms with Crippen molar-refractivity contribution in [1.82, 2.24) is 15.1 Å². The van der Waals surface area contributed by atoms with Gasteiger partial charge in [0.2, 0.25) is 5.91 Å². The molecule has 1 fully saturated rings. The smallest absolute Gasteiger partial charge is 0.410 e. The minimum atomic E-state index is -0.502. The quantitative estimate of drug-likeness (QED) is 0.717. The second-order valence-electron chi connectivity index (χ2n) is 9.20. The van der Waals surface area contributed by atoms with Gasteiger partial charge in [-0.3, -0.25) is 9.69 Å². The van der Waals surface area contributed by atoms with E-state index in [0.29, 0.717) is 19.0 Å². The van der Waals surface area contributed by atoms with Crippen molar-refractivity contribution in [3.05, 3.63) is 22.4 Å². The average Bonchev–Trinajstić information content (AvgIpc) is 3.15. The Labute approximate surface area is 179 Å². The van der Waals surface area contributed by atoms with Gasteiger partial charge in [0.1, 0.15) is 5.60 Å². The standard InChI is InChI=1S/C22H37N3O3S/c1-16(2)25(21(27)28-22(4,5)6)15-18-9-7-11-24(14-18)17(3)20(26)23-13-19-10-8-12-29-19/h8,10,12,16-18H,7,9,11,13-15H2,1-6H3,(H,23,26). The predicted molar refractivity (Wildman–Crippen MR) is 118 cm³/mol. The average molecular weight is 424 g/mol. The van der Waals surface area contributed by atoms with Gasteiger partial charge in [-0.1, -0.05) is 6.07 Å². The molecule has 0 radical (unpaired) electrons. The third-order valence-electron chi connectivity index (χ3n) is 5.20. The van der Waals surface area contributed by atoms with Crippen LogP contribution in [-0.4, -0.2) is 59.1 Å². The van der Waals surface area contributed by atoms with Gasteiger partial charge in [0.25, 0.3) is 0 Å². The molecule has 2 amide bonds. The molecule has 2 atom stereocenters. The molecule has 1 aromatic heterocycles. The molecule has 2 rings (SSSR count).